The molecule has 2 aliphatic rings. The Morgan fingerprint density at radius 1 is 1.00 bits per heavy atom. The fourth-order valence-corrected chi connectivity index (χ4v) is 5.49. The van der Waals surface area contributed by atoms with E-state index in [0.29, 0.717) is 17.7 Å². The first-order valence-electron chi connectivity index (χ1n) is 9.96. The molecule has 0 aromatic heterocycles. The summed E-state index contributed by atoms with van der Waals surface area (Å²) in [6.07, 6.45) is 0.304. The predicted molar refractivity (Wildman–Crippen MR) is 110 cm³/mol. The van der Waals surface area contributed by atoms with Gasteiger partial charge in [0, 0.05) is 17.0 Å². The molecule has 0 spiro atoms. The Kier molecular flexibility index (Phi) is 3.87. The number of hydrogen-bond acceptors (Lipinski definition) is 5. The maximum Gasteiger partial charge on any atom is 0.330 e. The third-order valence-corrected chi connectivity index (χ3v) is 6.80. The van der Waals surface area contributed by atoms with Crippen molar-refractivity contribution in [1.29, 1.82) is 0 Å². The second-order valence-electron chi connectivity index (χ2n) is 7.84. The molecule has 0 unspecified atom stereocenters. The van der Waals surface area contributed by atoms with E-state index in [2.05, 4.69) is 0 Å². The lowest BCUT2D eigenvalue weighted by molar-refractivity contribution is -0.160. The van der Waals surface area contributed by atoms with Gasteiger partial charge in [0.15, 0.2) is 11.2 Å². The first-order chi connectivity index (χ1) is 14.5. The van der Waals surface area contributed by atoms with Crippen LogP contribution in [0.15, 0.2) is 66.7 Å². The maximum atomic E-state index is 13.8. The van der Waals surface area contributed by atoms with Crippen LogP contribution in [-0.2, 0) is 14.3 Å². The summed E-state index contributed by atoms with van der Waals surface area (Å²) in [6, 6.07) is 20.1. The van der Waals surface area contributed by atoms with Gasteiger partial charge in [-0.2, -0.15) is 0 Å². The smallest absolute Gasteiger partial charge is 0.330 e. The van der Waals surface area contributed by atoms with Gasteiger partial charge in [-0.1, -0.05) is 67.6 Å². The van der Waals surface area contributed by atoms with E-state index in [4.69, 9.17) is 9.47 Å². The van der Waals surface area contributed by atoms with Crippen molar-refractivity contribution in [3.05, 3.63) is 77.9 Å². The Bertz CT molecular complexity index is 1210. The van der Waals surface area contributed by atoms with Crippen LogP contribution in [0.3, 0.4) is 0 Å². The summed E-state index contributed by atoms with van der Waals surface area (Å²) in [7, 11) is 1.24. The SMILES string of the molecule is CC[C@]1(C(=O)c2ccccc2)[C@H]2c3c(ccc4ccccc34)OC(=O)[C@@]21C(=O)OC. The van der Waals surface area contributed by atoms with Gasteiger partial charge in [0.1, 0.15) is 5.75 Å². The highest BCUT2D eigenvalue weighted by Gasteiger charge is 2.90. The second-order valence-corrected chi connectivity index (χ2v) is 7.84. The fraction of sp³-hybridized carbons (Fsp3) is 0.240. The molecule has 0 radical (unpaired) electrons. The van der Waals surface area contributed by atoms with Gasteiger partial charge in [-0.15, -0.1) is 0 Å². The number of methoxy groups -OCH3 is 1. The molecule has 30 heavy (non-hydrogen) atoms. The molecule has 0 N–H and O–H groups in total. The quantitative estimate of drug-likeness (QED) is 0.283. The van der Waals surface area contributed by atoms with Crippen LogP contribution in [0, 0.1) is 10.8 Å². The van der Waals surface area contributed by atoms with Gasteiger partial charge in [-0.3, -0.25) is 14.4 Å². The summed E-state index contributed by atoms with van der Waals surface area (Å²) in [5.74, 6) is -1.91. The summed E-state index contributed by atoms with van der Waals surface area (Å²) in [4.78, 5) is 40.2. The molecule has 5 heteroatoms. The molecule has 150 valence electrons. The van der Waals surface area contributed by atoms with E-state index in [1.54, 1.807) is 30.3 Å². The monoisotopic (exact) mass is 400 g/mol. The van der Waals surface area contributed by atoms with Crippen molar-refractivity contribution in [2.45, 2.75) is 19.3 Å². The van der Waals surface area contributed by atoms with Crippen molar-refractivity contribution in [2.24, 2.45) is 10.8 Å². The zero-order chi connectivity index (χ0) is 21.1. The highest BCUT2D eigenvalue weighted by molar-refractivity contribution is 6.21. The molecule has 1 saturated carbocycles. The Hall–Kier alpha value is -3.47. The number of esters is 2. The number of Topliss-reactive ketones (excluding diaryl/α,β-unsaturated/α-hetero) is 1. The summed E-state index contributed by atoms with van der Waals surface area (Å²) in [5.41, 5.74) is -1.75. The minimum atomic E-state index is -1.68. The highest BCUT2D eigenvalue weighted by atomic mass is 16.6. The zero-order valence-corrected chi connectivity index (χ0v) is 16.7. The molecular weight excluding hydrogens is 380 g/mol. The Labute approximate surface area is 173 Å². The minimum absolute atomic E-state index is 0.237. The van der Waals surface area contributed by atoms with Crippen LogP contribution >= 0.6 is 0 Å². The van der Waals surface area contributed by atoms with Crippen LogP contribution in [0.2, 0.25) is 0 Å². The molecule has 0 amide bonds. The molecule has 3 atom stereocenters. The van der Waals surface area contributed by atoms with Gasteiger partial charge >= 0.3 is 11.9 Å². The zero-order valence-electron chi connectivity index (χ0n) is 16.7. The van der Waals surface area contributed by atoms with E-state index in [9.17, 15) is 14.4 Å². The largest absolute Gasteiger partial charge is 0.468 e. The number of carbonyl (C=O) groups is 3. The van der Waals surface area contributed by atoms with Crippen LogP contribution in [0.4, 0.5) is 0 Å². The van der Waals surface area contributed by atoms with Gasteiger partial charge in [0.05, 0.1) is 12.5 Å². The van der Waals surface area contributed by atoms with Crippen molar-refractivity contribution >= 4 is 28.5 Å². The number of fused-ring (bicyclic) bond motifs is 5. The maximum absolute atomic E-state index is 13.8. The number of ketones is 1. The Morgan fingerprint density at radius 2 is 1.70 bits per heavy atom. The van der Waals surface area contributed by atoms with E-state index in [1.807, 2.05) is 43.3 Å². The van der Waals surface area contributed by atoms with Crippen molar-refractivity contribution in [3.8, 4) is 5.75 Å². The number of rotatable bonds is 4. The van der Waals surface area contributed by atoms with E-state index in [0.717, 1.165) is 16.3 Å². The number of benzene rings is 3. The van der Waals surface area contributed by atoms with Gasteiger partial charge < -0.3 is 9.47 Å². The van der Waals surface area contributed by atoms with Crippen LogP contribution in [0.25, 0.3) is 10.8 Å². The molecule has 1 heterocycles. The molecule has 3 aromatic rings. The van der Waals surface area contributed by atoms with E-state index >= 15 is 0 Å². The number of hydrogen-bond donors (Lipinski definition) is 0. The Balaban J connectivity index is 1.83. The molecule has 1 aliphatic heterocycles. The summed E-state index contributed by atoms with van der Waals surface area (Å²) >= 11 is 0. The minimum Gasteiger partial charge on any atom is -0.468 e. The third kappa shape index (κ3) is 1.99. The second kappa shape index (κ2) is 6.26. The number of ether oxygens (including phenoxy) is 2. The fourth-order valence-electron chi connectivity index (χ4n) is 5.49. The average Bonchev–Trinajstić information content (AvgIpc) is 3.44. The van der Waals surface area contributed by atoms with E-state index in [-0.39, 0.29) is 5.78 Å². The summed E-state index contributed by atoms with van der Waals surface area (Å²) in [6.45, 7) is 1.84. The van der Waals surface area contributed by atoms with Crippen molar-refractivity contribution < 1.29 is 23.9 Å². The first-order valence-corrected chi connectivity index (χ1v) is 9.96. The van der Waals surface area contributed by atoms with Crippen molar-refractivity contribution in [3.63, 3.8) is 0 Å². The van der Waals surface area contributed by atoms with Crippen molar-refractivity contribution in [1.82, 2.24) is 0 Å². The highest BCUT2D eigenvalue weighted by Crippen LogP contribution is 2.80. The molecule has 3 aromatic carbocycles. The summed E-state index contributed by atoms with van der Waals surface area (Å²) in [5, 5.41) is 1.83. The summed E-state index contributed by atoms with van der Waals surface area (Å²) < 4.78 is 10.8. The third-order valence-electron chi connectivity index (χ3n) is 6.80. The molecular formula is C25H20O5. The molecule has 5 rings (SSSR count). The van der Waals surface area contributed by atoms with Gasteiger partial charge in [-0.05, 0) is 23.3 Å². The molecule has 5 nitrogen and oxygen atoms in total. The Morgan fingerprint density at radius 3 is 2.40 bits per heavy atom. The van der Waals surface area contributed by atoms with Gasteiger partial charge in [0.2, 0.25) is 0 Å². The van der Waals surface area contributed by atoms with Crippen LogP contribution in [0.1, 0.15) is 35.2 Å². The molecule has 1 aliphatic carbocycles. The van der Waals surface area contributed by atoms with Crippen LogP contribution in [0.5, 0.6) is 5.75 Å². The van der Waals surface area contributed by atoms with Crippen LogP contribution < -0.4 is 4.74 Å². The lowest BCUT2D eigenvalue weighted by atomic mass is 9.83. The first kappa shape index (κ1) is 18.6. The molecule has 1 fully saturated rings. The lowest BCUT2D eigenvalue weighted by Crippen LogP contribution is -2.40. The normalized spacial score (nSPS) is 26.3. The van der Waals surface area contributed by atoms with E-state index < -0.39 is 28.7 Å². The molecule has 0 saturated heterocycles. The number of carbonyl (C=O) groups excluding carboxylic acids is 3. The van der Waals surface area contributed by atoms with Crippen molar-refractivity contribution in [2.75, 3.05) is 7.11 Å². The standard InChI is InChI=1S/C25H20O5/c1-3-24(21(26)16-10-5-4-6-11-16)20-19-17-12-8-7-9-15(17)13-14-18(19)30-23(28)25(20,24)22(27)29-2/h4-14,20H,3H2,1-2H3/t20-,24-,25+/m1/s1. The van der Waals surface area contributed by atoms with Crippen LogP contribution in [-0.4, -0.2) is 24.8 Å². The van der Waals surface area contributed by atoms with Gasteiger partial charge in [-0.25, -0.2) is 0 Å². The van der Waals surface area contributed by atoms with Gasteiger partial charge in [0.25, 0.3) is 0 Å². The lowest BCUT2D eigenvalue weighted by Gasteiger charge is -2.23. The molecule has 0 bridgehead atoms. The average molecular weight is 400 g/mol. The topological polar surface area (TPSA) is 69.7 Å². The van der Waals surface area contributed by atoms with E-state index in [1.165, 1.54) is 7.11 Å². The predicted octanol–water partition coefficient (Wildman–Crippen LogP) is 4.29.